The highest BCUT2D eigenvalue weighted by Crippen LogP contribution is 2.38. The molecule has 0 spiro atoms. The van der Waals surface area contributed by atoms with Crippen LogP contribution in [0.1, 0.15) is 19.4 Å². The average Bonchev–Trinajstić information content (AvgIpc) is 2.89. The minimum atomic E-state index is -3.83. The van der Waals surface area contributed by atoms with Gasteiger partial charge in [0.2, 0.25) is 5.91 Å². The molecular formula is C18H19BrN2O4S. The summed E-state index contributed by atoms with van der Waals surface area (Å²) < 4.78 is 33.8. The topological polar surface area (TPSA) is 75.7 Å². The Morgan fingerprint density at radius 2 is 1.92 bits per heavy atom. The second-order valence-electron chi connectivity index (χ2n) is 6.19. The van der Waals surface area contributed by atoms with Crippen molar-refractivity contribution in [1.82, 2.24) is 0 Å². The quantitative estimate of drug-likeness (QED) is 0.791. The summed E-state index contributed by atoms with van der Waals surface area (Å²) in [5, 5.41) is 0. The number of sulfonamides is 1. The average molecular weight is 439 g/mol. The van der Waals surface area contributed by atoms with Gasteiger partial charge in [-0.05, 0) is 71.2 Å². The van der Waals surface area contributed by atoms with Crippen LogP contribution in [0.2, 0.25) is 0 Å². The molecule has 3 rings (SSSR count). The first-order chi connectivity index (χ1) is 12.2. The van der Waals surface area contributed by atoms with E-state index < -0.39 is 10.0 Å². The van der Waals surface area contributed by atoms with Gasteiger partial charge in [-0.3, -0.25) is 9.52 Å². The maximum Gasteiger partial charge on any atom is 0.263 e. The molecule has 1 N–H and O–H groups in total. The Bertz CT molecular complexity index is 958. The predicted octanol–water partition coefficient (Wildman–Crippen LogP) is 3.56. The zero-order chi connectivity index (χ0) is 19.1. The number of hydrogen-bond donors (Lipinski definition) is 1. The van der Waals surface area contributed by atoms with Crippen molar-refractivity contribution in [2.45, 2.75) is 31.2 Å². The van der Waals surface area contributed by atoms with Gasteiger partial charge in [0.25, 0.3) is 10.0 Å². The molecule has 8 heteroatoms. The Morgan fingerprint density at radius 3 is 2.50 bits per heavy atom. The van der Waals surface area contributed by atoms with E-state index in [4.69, 9.17) is 4.74 Å². The molecule has 0 radical (unpaired) electrons. The summed E-state index contributed by atoms with van der Waals surface area (Å²) in [6, 6.07) is 9.93. The first-order valence-corrected chi connectivity index (χ1v) is 10.3. The van der Waals surface area contributed by atoms with Crippen LogP contribution in [0, 0.1) is 0 Å². The van der Waals surface area contributed by atoms with E-state index in [1.807, 2.05) is 6.92 Å². The van der Waals surface area contributed by atoms with Crippen molar-refractivity contribution in [3.05, 3.63) is 46.4 Å². The lowest BCUT2D eigenvalue weighted by atomic mass is 10.1. The van der Waals surface area contributed by atoms with Crippen LogP contribution in [0.4, 0.5) is 11.4 Å². The van der Waals surface area contributed by atoms with Gasteiger partial charge in [-0.15, -0.1) is 0 Å². The molecule has 0 aliphatic carbocycles. The number of anilines is 2. The monoisotopic (exact) mass is 438 g/mol. The van der Waals surface area contributed by atoms with Crippen LogP contribution in [-0.4, -0.2) is 27.5 Å². The zero-order valence-electron chi connectivity index (χ0n) is 14.6. The molecule has 1 aliphatic rings. The molecule has 0 saturated heterocycles. The molecule has 0 unspecified atom stereocenters. The van der Waals surface area contributed by atoms with E-state index in [1.54, 1.807) is 48.4 Å². The Balaban J connectivity index is 1.99. The second kappa shape index (κ2) is 6.92. The van der Waals surface area contributed by atoms with Crippen LogP contribution in [-0.2, 0) is 21.2 Å². The number of rotatable bonds is 4. The Kier molecular flexibility index (Phi) is 4.98. The third-order valence-corrected chi connectivity index (χ3v) is 6.66. The number of hydrogen-bond acceptors (Lipinski definition) is 4. The van der Waals surface area contributed by atoms with Crippen LogP contribution in [0.3, 0.4) is 0 Å². The molecule has 26 heavy (non-hydrogen) atoms. The number of amides is 1. The smallest absolute Gasteiger partial charge is 0.263 e. The molecule has 1 amide bonds. The van der Waals surface area contributed by atoms with Crippen molar-refractivity contribution in [2.75, 3.05) is 16.7 Å². The molecule has 0 aromatic heterocycles. The highest BCUT2D eigenvalue weighted by atomic mass is 79.9. The van der Waals surface area contributed by atoms with Crippen LogP contribution in [0.5, 0.6) is 5.75 Å². The van der Waals surface area contributed by atoms with Gasteiger partial charge in [0.05, 0.1) is 7.11 Å². The van der Waals surface area contributed by atoms with Gasteiger partial charge in [0.15, 0.2) is 0 Å². The third-order valence-electron chi connectivity index (χ3n) is 4.32. The molecule has 2 aromatic carbocycles. The normalized spacial score (nSPS) is 16.3. The van der Waals surface area contributed by atoms with Crippen molar-refractivity contribution in [3.8, 4) is 5.75 Å². The summed E-state index contributed by atoms with van der Waals surface area (Å²) in [7, 11) is -2.28. The molecule has 1 atom stereocenters. The molecule has 0 saturated carbocycles. The van der Waals surface area contributed by atoms with Crippen molar-refractivity contribution < 1.29 is 17.9 Å². The van der Waals surface area contributed by atoms with Crippen LogP contribution < -0.4 is 14.4 Å². The largest absolute Gasteiger partial charge is 0.497 e. The summed E-state index contributed by atoms with van der Waals surface area (Å²) in [6.07, 6.45) is 0.694. The van der Waals surface area contributed by atoms with Gasteiger partial charge in [0, 0.05) is 28.8 Å². The first-order valence-electron chi connectivity index (χ1n) is 8.02. The zero-order valence-corrected chi connectivity index (χ0v) is 17.0. The van der Waals surface area contributed by atoms with E-state index in [2.05, 4.69) is 20.7 Å². The van der Waals surface area contributed by atoms with Gasteiger partial charge in [-0.2, -0.15) is 0 Å². The van der Waals surface area contributed by atoms with Gasteiger partial charge >= 0.3 is 0 Å². The number of methoxy groups -OCH3 is 1. The number of fused-ring (bicyclic) bond motifs is 1. The highest BCUT2D eigenvalue weighted by molar-refractivity contribution is 9.10. The van der Waals surface area contributed by atoms with E-state index in [9.17, 15) is 13.2 Å². The molecule has 138 valence electrons. The minimum Gasteiger partial charge on any atom is -0.497 e. The van der Waals surface area contributed by atoms with Crippen LogP contribution >= 0.6 is 15.9 Å². The predicted molar refractivity (Wildman–Crippen MR) is 104 cm³/mol. The fourth-order valence-electron chi connectivity index (χ4n) is 3.17. The van der Waals surface area contributed by atoms with E-state index in [0.717, 1.165) is 5.56 Å². The van der Waals surface area contributed by atoms with Crippen molar-refractivity contribution in [2.24, 2.45) is 0 Å². The lowest BCUT2D eigenvalue weighted by Crippen LogP contribution is -2.33. The van der Waals surface area contributed by atoms with Crippen LogP contribution in [0.15, 0.2) is 45.8 Å². The van der Waals surface area contributed by atoms with Crippen molar-refractivity contribution in [1.29, 1.82) is 0 Å². The van der Waals surface area contributed by atoms with Gasteiger partial charge in [0.1, 0.15) is 10.6 Å². The van der Waals surface area contributed by atoms with E-state index in [1.165, 1.54) is 6.92 Å². The summed E-state index contributed by atoms with van der Waals surface area (Å²) in [6.45, 7) is 3.43. The molecule has 2 aromatic rings. The second-order valence-corrected chi connectivity index (χ2v) is 8.69. The van der Waals surface area contributed by atoms with Gasteiger partial charge < -0.3 is 9.64 Å². The number of ether oxygens (including phenoxy) is 1. The van der Waals surface area contributed by atoms with Gasteiger partial charge in [-0.25, -0.2) is 8.42 Å². The summed E-state index contributed by atoms with van der Waals surface area (Å²) >= 11 is 3.36. The number of nitrogens with zero attached hydrogens (tertiary/aromatic N) is 1. The lowest BCUT2D eigenvalue weighted by molar-refractivity contribution is -0.116. The summed E-state index contributed by atoms with van der Waals surface area (Å²) in [5.74, 6) is 0.530. The van der Waals surface area contributed by atoms with Crippen molar-refractivity contribution in [3.63, 3.8) is 0 Å². The molecule has 0 bridgehead atoms. The fourth-order valence-corrected chi connectivity index (χ4v) is 5.34. The SMILES string of the molecule is COc1ccc(NS(=O)(=O)c2cc3c(cc2Br)C[C@@H](C)N3C(C)=O)cc1. The standard InChI is InChI=1S/C18H19BrN2O4S/c1-11-8-13-9-16(19)18(10-17(13)21(11)12(2)22)26(23,24)20-14-4-6-15(25-3)7-5-14/h4-7,9-11,20H,8H2,1-3H3/t11-/m1/s1. The maximum atomic E-state index is 12.9. The number of carbonyl (C=O) groups excluding carboxylic acids is 1. The van der Waals surface area contributed by atoms with E-state index >= 15 is 0 Å². The Morgan fingerprint density at radius 1 is 1.27 bits per heavy atom. The Labute approximate surface area is 161 Å². The first kappa shape index (κ1) is 18.7. The molecular weight excluding hydrogens is 420 g/mol. The number of halogens is 1. The molecule has 1 aliphatic heterocycles. The molecule has 1 heterocycles. The highest BCUT2D eigenvalue weighted by Gasteiger charge is 2.32. The number of carbonyl (C=O) groups is 1. The van der Waals surface area contributed by atoms with Gasteiger partial charge in [-0.1, -0.05) is 0 Å². The number of nitrogens with one attached hydrogen (secondary N) is 1. The summed E-state index contributed by atoms with van der Waals surface area (Å²) in [5.41, 5.74) is 2.02. The lowest BCUT2D eigenvalue weighted by Gasteiger charge is -2.21. The minimum absolute atomic E-state index is 0.00176. The number of benzene rings is 2. The summed E-state index contributed by atoms with van der Waals surface area (Å²) in [4.78, 5) is 13.7. The van der Waals surface area contributed by atoms with Crippen LogP contribution in [0.25, 0.3) is 0 Å². The molecule has 0 fully saturated rings. The molecule has 6 nitrogen and oxygen atoms in total. The fraction of sp³-hybridized carbons (Fsp3) is 0.278. The third kappa shape index (κ3) is 3.43. The van der Waals surface area contributed by atoms with Crippen molar-refractivity contribution >= 4 is 43.2 Å². The maximum absolute atomic E-state index is 12.9. The van der Waals surface area contributed by atoms with E-state index in [0.29, 0.717) is 28.0 Å². The van der Waals surface area contributed by atoms with E-state index in [-0.39, 0.29) is 16.8 Å². The Hall–Kier alpha value is -2.06.